The Kier molecular flexibility index (Phi) is 10.1. The van der Waals surface area contributed by atoms with Crippen LogP contribution in [0.15, 0.2) is 95.6 Å². The summed E-state index contributed by atoms with van der Waals surface area (Å²) in [4.78, 5) is 46.4. The summed E-state index contributed by atoms with van der Waals surface area (Å²) in [5.41, 5.74) is 11.1. The largest absolute Gasteiger partial charge is 0.444 e. The molecule has 1 unspecified atom stereocenters. The number of nitrogens with two attached hydrogens (primary N) is 1. The van der Waals surface area contributed by atoms with E-state index < -0.39 is 30.2 Å². The molecule has 0 radical (unpaired) electrons. The maximum atomic E-state index is 13.6. The second-order valence-electron chi connectivity index (χ2n) is 8.93. The number of imide groups is 1. The van der Waals surface area contributed by atoms with Gasteiger partial charge in [0.2, 0.25) is 5.91 Å². The third-order valence-corrected chi connectivity index (χ3v) is 6.37. The third-order valence-electron chi connectivity index (χ3n) is 5.94. The Labute approximate surface area is 240 Å². The van der Waals surface area contributed by atoms with E-state index in [0.717, 1.165) is 16.0 Å². The quantitative estimate of drug-likeness (QED) is 0.228. The van der Waals surface area contributed by atoms with Gasteiger partial charge < -0.3 is 20.5 Å². The Bertz CT molecular complexity index is 1270. The molecule has 10 nitrogen and oxygen atoms in total. The van der Waals surface area contributed by atoms with Crippen molar-refractivity contribution in [1.82, 2.24) is 15.7 Å². The van der Waals surface area contributed by atoms with E-state index in [1.165, 1.54) is 0 Å². The number of hydroxylamine groups is 1. The number of rotatable bonds is 10. The zero-order valence-electron chi connectivity index (χ0n) is 21.5. The van der Waals surface area contributed by atoms with Gasteiger partial charge in [-0.1, -0.05) is 72.8 Å². The van der Waals surface area contributed by atoms with E-state index in [-0.39, 0.29) is 26.2 Å². The Hall–Kier alpha value is -4.35. The number of amides is 3. The summed E-state index contributed by atoms with van der Waals surface area (Å²) in [7, 11) is 0. The number of carbonyl (C=O) groups excluding carboxylic acids is 3. The van der Waals surface area contributed by atoms with Gasteiger partial charge in [-0.25, -0.2) is 9.59 Å². The molecule has 0 aromatic heterocycles. The number of anilines is 1. The van der Waals surface area contributed by atoms with Gasteiger partial charge in [0.15, 0.2) is 0 Å². The van der Waals surface area contributed by atoms with E-state index in [0.29, 0.717) is 15.9 Å². The molecule has 0 saturated carbocycles. The molecular weight excluding hydrogens is 580 g/mol. The molecule has 4 rings (SSSR count). The normalized spacial score (nSPS) is 14.8. The fourth-order valence-electron chi connectivity index (χ4n) is 3.87. The van der Waals surface area contributed by atoms with Crippen LogP contribution in [0.25, 0.3) is 0 Å². The van der Waals surface area contributed by atoms with Gasteiger partial charge in [0.05, 0.1) is 6.54 Å². The number of halogens is 1. The lowest BCUT2D eigenvalue weighted by Crippen LogP contribution is -2.54. The molecule has 3 amide bonds. The van der Waals surface area contributed by atoms with E-state index in [1.807, 2.05) is 12.1 Å². The highest BCUT2D eigenvalue weighted by atomic mass is 79.9. The van der Waals surface area contributed by atoms with Crippen LogP contribution in [0.2, 0.25) is 0 Å². The highest BCUT2D eigenvalue weighted by Gasteiger charge is 2.38. The molecule has 0 fully saturated rings. The van der Waals surface area contributed by atoms with Crippen LogP contribution in [-0.4, -0.2) is 41.7 Å². The van der Waals surface area contributed by atoms with Crippen LogP contribution >= 0.6 is 15.9 Å². The smallest absolute Gasteiger partial charge is 0.420 e. The third kappa shape index (κ3) is 8.32. The first-order valence-electron chi connectivity index (χ1n) is 12.5. The zero-order chi connectivity index (χ0) is 28.3. The van der Waals surface area contributed by atoms with Crippen molar-refractivity contribution in [2.75, 3.05) is 12.3 Å². The van der Waals surface area contributed by atoms with E-state index in [4.69, 9.17) is 20.0 Å². The Morgan fingerprint density at radius 1 is 0.875 bits per heavy atom. The summed E-state index contributed by atoms with van der Waals surface area (Å²) in [6.45, 7) is -0.108. The number of nitrogen functional groups attached to an aromatic ring is 1. The van der Waals surface area contributed by atoms with Gasteiger partial charge in [-0.05, 0) is 50.8 Å². The Morgan fingerprint density at radius 3 is 1.93 bits per heavy atom. The van der Waals surface area contributed by atoms with Gasteiger partial charge in [-0.3, -0.25) is 15.1 Å². The fraction of sp³-hybridized carbons (Fsp3) is 0.207. The van der Waals surface area contributed by atoms with Gasteiger partial charge in [0, 0.05) is 12.1 Å². The molecule has 11 heteroatoms. The molecule has 2 atom stereocenters. The number of carbonyl (C=O) groups is 3. The number of hydrogen-bond donors (Lipinski definition) is 3. The van der Waals surface area contributed by atoms with Crippen LogP contribution in [0.5, 0.6) is 0 Å². The monoisotopic (exact) mass is 608 g/mol. The van der Waals surface area contributed by atoms with Gasteiger partial charge in [0.1, 0.15) is 30.0 Å². The highest BCUT2D eigenvalue weighted by molar-refractivity contribution is 9.11. The highest BCUT2D eigenvalue weighted by Crippen LogP contribution is 2.17. The second-order valence-corrected chi connectivity index (χ2v) is 9.78. The molecule has 0 spiro atoms. The van der Waals surface area contributed by atoms with Crippen LogP contribution in [0, 0.1) is 0 Å². The number of nitrogens with one attached hydrogen (secondary N) is 2. The minimum absolute atomic E-state index is 0.00368. The summed E-state index contributed by atoms with van der Waals surface area (Å²) < 4.78 is 11.6. The molecule has 3 aromatic carbocycles. The van der Waals surface area contributed by atoms with Crippen LogP contribution < -0.4 is 16.5 Å². The second kappa shape index (κ2) is 14.2. The standard InChI is InChI=1S/C29H29BrN4O6/c30-26-16-24(40-33-26)17-32-27(35)25(15-20-11-13-23(31)14-12-20)34(28(36)38-18-21-7-3-1-4-8-21)29(37)39-19-22-9-5-2-6-10-22/h1-14,16,24-25,33H,15,17-19,31H2,(H,32,35)/t24?,25-/m0/s1. The number of nitrogens with zero attached hydrogens (tertiary/aromatic N) is 1. The van der Waals surface area contributed by atoms with Crippen LogP contribution in [0.4, 0.5) is 15.3 Å². The van der Waals surface area contributed by atoms with Crippen molar-refractivity contribution >= 4 is 39.7 Å². The summed E-state index contributed by atoms with van der Waals surface area (Å²) in [6.07, 6.45) is -0.761. The average molecular weight is 609 g/mol. The molecule has 1 heterocycles. The lowest BCUT2D eigenvalue weighted by Gasteiger charge is -2.28. The molecule has 4 N–H and O–H groups in total. The van der Waals surface area contributed by atoms with Gasteiger partial charge in [0.25, 0.3) is 0 Å². The number of ether oxygens (including phenoxy) is 2. The van der Waals surface area contributed by atoms with Crippen molar-refractivity contribution < 1.29 is 28.7 Å². The lowest BCUT2D eigenvalue weighted by atomic mass is 10.0. The van der Waals surface area contributed by atoms with Gasteiger partial charge in [-0.2, -0.15) is 4.90 Å². The minimum Gasteiger partial charge on any atom is -0.444 e. The van der Waals surface area contributed by atoms with Crippen molar-refractivity contribution in [1.29, 1.82) is 0 Å². The summed E-state index contributed by atoms with van der Waals surface area (Å²) in [5.74, 6) is -0.592. The molecule has 40 heavy (non-hydrogen) atoms. The molecular formula is C29H29BrN4O6. The minimum atomic E-state index is -1.29. The van der Waals surface area contributed by atoms with Crippen LogP contribution in [-0.2, 0) is 38.7 Å². The predicted molar refractivity (Wildman–Crippen MR) is 151 cm³/mol. The molecule has 0 bridgehead atoms. The number of hydrogen-bond acceptors (Lipinski definition) is 8. The SMILES string of the molecule is Nc1ccc(C[C@@H](C(=O)NCC2C=C(Br)NO2)N(C(=O)OCc2ccccc2)C(=O)OCc2ccccc2)cc1. The van der Waals surface area contributed by atoms with Crippen LogP contribution in [0.1, 0.15) is 16.7 Å². The summed E-state index contributed by atoms with van der Waals surface area (Å²) in [6, 6.07) is 23.5. The Morgan fingerprint density at radius 2 is 1.43 bits per heavy atom. The van der Waals surface area contributed by atoms with Crippen molar-refractivity contribution in [3.05, 3.63) is 112 Å². The van der Waals surface area contributed by atoms with E-state index in [9.17, 15) is 14.4 Å². The number of benzene rings is 3. The topological polar surface area (TPSA) is 132 Å². The zero-order valence-corrected chi connectivity index (χ0v) is 23.1. The van der Waals surface area contributed by atoms with Crippen molar-refractivity contribution in [3.8, 4) is 0 Å². The first-order chi connectivity index (χ1) is 19.4. The molecule has 0 saturated heterocycles. The van der Waals surface area contributed by atoms with Gasteiger partial charge >= 0.3 is 12.2 Å². The molecule has 0 aliphatic carbocycles. The van der Waals surface area contributed by atoms with Gasteiger partial charge in [-0.15, -0.1) is 0 Å². The lowest BCUT2D eigenvalue weighted by molar-refractivity contribution is -0.126. The molecule has 208 valence electrons. The van der Waals surface area contributed by atoms with Crippen molar-refractivity contribution in [2.45, 2.75) is 31.8 Å². The first-order valence-corrected chi connectivity index (χ1v) is 13.3. The average Bonchev–Trinajstić information content (AvgIpc) is 3.40. The molecule has 3 aromatic rings. The first kappa shape index (κ1) is 28.7. The molecule has 1 aliphatic rings. The fourth-order valence-corrected chi connectivity index (χ4v) is 4.26. The van der Waals surface area contributed by atoms with E-state index in [2.05, 4.69) is 26.7 Å². The van der Waals surface area contributed by atoms with Crippen LogP contribution in [0.3, 0.4) is 0 Å². The predicted octanol–water partition coefficient (Wildman–Crippen LogP) is 4.41. The maximum Gasteiger partial charge on any atom is 0.420 e. The Balaban J connectivity index is 1.58. The van der Waals surface area contributed by atoms with Crippen molar-refractivity contribution in [2.24, 2.45) is 0 Å². The summed E-state index contributed by atoms with van der Waals surface area (Å²) in [5, 5.41) is 2.76. The molecule has 1 aliphatic heterocycles. The van der Waals surface area contributed by atoms with Crippen molar-refractivity contribution in [3.63, 3.8) is 0 Å². The van der Waals surface area contributed by atoms with E-state index >= 15 is 0 Å². The summed E-state index contributed by atoms with van der Waals surface area (Å²) >= 11 is 3.27. The maximum absolute atomic E-state index is 13.6. The van der Waals surface area contributed by atoms with E-state index in [1.54, 1.807) is 78.9 Å².